The van der Waals surface area contributed by atoms with Crippen molar-refractivity contribution in [2.24, 2.45) is 0 Å². The van der Waals surface area contributed by atoms with Crippen molar-refractivity contribution in [1.29, 1.82) is 0 Å². The average Bonchev–Trinajstić information content (AvgIpc) is 2.90. The van der Waals surface area contributed by atoms with Gasteiger partial charge in [-0.1, -0.05) is 48.5 Å². The molecule has 0 saturated carbocycles. The van der Waals surface area contributed by atoms with Crippen LogP contribution in [0.4, 0.5) is 15.3 Å². The number of anilines is 1. The Morgan fingerprint density at radius 2 is 1.68 bits per heavy atom. The number of carbonyl (C=O) groups excluding carboxylic acids is 3. The fraction of sp³-hybridized carbons (Fsp3) is 0.357. The Hall–Kier alpha value is -4.23. The first-order chi connectivity index (χ1) is 19.4. The standard InChI is InChI=1S/C28H36N6O6S/c1-28(2,3)40-27(37)34-41(38,39)31-18-8-7-15-23(33-26(36)30-19-20-11-5-4-6-12-20)25(35)32-22-16-9-13-21-14-10-17-29-24(21)22/h4-6,9-14,16-17,23,31H,7-8,15,18-19H2,1-3H3,(H,32,35)(H,34,37)(H2,30,33,36)/t23-/m0/s1. The Balaban J connectivity index is 1.58. The van der Waals surface area contributed by atoms with Crippen molar-refractivity contribution in [1.82, 2.24) is 25.1 Å². The molecule has 4 amide bonds. The predicted molar refractivity (Wildman–Crippen MR) is 156 cm³/mol. The molecule has 0 aliphatic heterocycles. The van der Waals surface area contributed by atoms with Gasteiger partial charge in [-0.15, -0.1) is 0 Å². The van der Waals surface area contributed by atoms with E-state index in [1.54, 1.807) is 49.9 Å². The molecule has 0 fully saturated rings. The van der Waals surface area contributed by atoms with E-state index in [0.717, 1.165) is 10.9 Å². The maximum atomic E-state index is 13.3. The van der Waals surface area contributed by atoms with Gasteiger partial charge in [0.15, 0.2) is 0 Å². The number of hydrogen-bond acceptors (Lipinski definition) is 7. The molecule has 1 aromatic heterocycles. The van der Waals surface area contributed by atoms with Crippen LogP contribution in [0.15, 0.2) is 66.9 Å². The summed E-state index contributed by atoms with van der Waals surface area (Å²) in [6.45, 7) is 5.13. The summed E-state index contributed by atoms with van der Waals surface area (Å²) in [6.07, 6.45) is 1.49. The molecule has 220 valence electrons. The molecule has 13 heteroatoms. The first kappa shape index (κ1) is 31.3. The number of nitrogens with one attached hydrogen (secondary N) is 5. The van der Waals surface area contributed by atoms with Crippen molar-refractivity contribution < 1.29 is 27.5 Å². The molecule has 5 N–H and O–H groups in total. The van der Waals surface area contributed by atoms with Gasteiger partial charge in [-0.25, -0.2) is 14.3 Å². The Labute approximate surface area is 239 Å². The zero-order valence-electron chi connectivity index (χ0n) is 23.3. The van der Waals surface area contributed by atoms with Crippen LogP contribution in [0.25, 0.3) is 10.9 Å². The second-order valence-corrected chi connectivity index (χ2v) is 11.7. The van der Waals surface area contributed by atoms with E-state index in [-0.39, 0.29) is 19.5 Å². The van der Waals surface area contributed by atoms with Crippen LogP contribution in [0.2, 0.25) is 0 Å². The lowest BCUT2D eigenvalue weighted by Crippen LogP contribution is -2.48. The molecule has 2 aromatic carbocycles. The number of aromatic nitrogens is 1. The fourth-order valence-corrected chi connectivity index (χ4v) is 4.55. The van der Waals surface area contributed by atoms with Gasteiger partial charge in [0.2, 0.25) is 5.91 Å². The number of amides is 4. The van der Waals surface area contributed by atoms with Crippen LogP contribution in [-0.2, 0) is 26.3 Å². The number of nitrogens with zero attached hydrogens (tertiary/aromatic N) is 1. The highest BCUT2D eigenvalue weighted by Gasteiger charge is 2.23. The van der Waals surface area contributed by atoms with E-state index in [1.807, 2.05) is 42.5 Å². The fourth-order valence-electron chi connectivity index (χ4n) is 3.81. The molecule has 1 atom stereocenters. The first-order valence-electron chi connectivity index (χ1n) is 13.2. The van der Waals surface area contributed by atoms with Crippen LogP contribution >= 0.6 is 0 Å². The highest BCUT2D eigenvalue weighted by Crippen LogP contribution is 2.21. The quantitative estimate of drug-likeness (QED) is 0.203. The Morgan fingerprint density at radius 1 is 0.951 bits per heavy atom. The summed E-state index contributed by atoms with van der Waals surface area (Å²) in [6, 6.07) is 17.0. The maximum Gasteiger partial charge on any atom is 0.422 e. The van der Waals surface area contributed by atoms with Gasteiger partial charge >= 0.3 is 22.3 Å². The highest BCUT2D eigenvalue weighted by molar-refractivity contribution is 7.88. The second kappa shape index (κ2) is 14.4. The van der Waals surface area contributed by atoms with Crippen LogP contribution in [-0.4, -0.2) is 49.6 Å². The lowest BCUT2D eigenvalue weighted by atomic mass is 10.1. The van der Waals surface area contributed by atoms with Crippen molar-refractivity contribution in [3.8, 4) is 0 Å². The van der Waals surface area contributed by atoms with Crippen molar-refractivity contribution >= 4 is 44.8 Å². The number of hydrogen-bond donors (Lipinski definition) is 5. The van der Waals surface area contributed by atoms with Crippen molar-refractivity contribution in [2.75, 3.05) is 11.9 Å². The van der Waals surface area contributed by atoms with Crippen molar-refractivity contribution in [3.05, 3.63) is 72.4 Å². The van der Waals surface area contributed by atoms with Crippen molar-refractivity contribution in [3.63, 3.8) is 0 Å². The van der Waals surface area contributed by atoms with Gasteiger partial charge in [-0.05, 0) is 57.7 Å². The molecular weight excluding hydrogens is 548 g/mol. The molecule has 41 heavy (non-hydrogen) atoms. The lowest BCUT2D eigenvalue weighted by molar-refractivity contribution is -0.118. The number of benzene rings is 2. The molecule has 12 nitrogen and oxygen atoms in total. The van der Waals surface area contributed by atoms with E-state index in [9.17, 15) is 22.8 Å². The van der Waals surface area contributed by atoms with Gasteiger partial charge in [-0.3, -0.25) is 9.78 Å². The smallest absolute Gasteiger partial charge is 0.422 e. The van der Waals surface area contributed by atoms with Gasteiger partial charge < -0.3 is 20.7 Å². The van der Waals surface area contributed by atoms with E-state index in [0.29, 0.717) is 24.0 Å². The van der Waals surface area contributed by atoms with Gasteiger partial charge in [0.25, 0.3) is 0 Å². The third-order valence-electron chi connectivity index (χ3n) is 5.64. The minimum atomic E-state index is -4.12. The number of fused-ring (bicyclic) bond motifs is 1. The molecule has 0 aliphatic carbocycles. The third-order valence-corrected chi connectivity index (χ3v) is 6.66. The second-order valence-electron chi connectivity index (χ2n) is 10.2. The number of ether oxygens (including phenoxy) is 1. The highest BCUT2D eigenvalue weighted by atomic mass is 32.2. The molecule has 0 bridgehead atoms. The normalized spacial score (nSPS) is 12.3. The number of carbonyl (C=O) groups is 3. The zero-order valence-corrected chi connectivity index (χ0v) is 24.1. The number of urea groups is 1. The number of para-hydroxylation sites is 1. The zero-order chi connectivity index (χ0) is 29.9. The van der Waals surface area contributed by atoms with Crippen LogP contribution < -0.4 is 25.4 Å². The van der Waals surface area contributed by atoms with E-state index >= 15 is 0 Å². The van der Waals surface area contributed by atoms with E-state index in [1.165, 1.54) is 0 Å². The average molecular weight is 585 g/mol. The van der Waals surface area contributed by atoms with Gasteiger partial charge in [-0.2, -0.15) is 13.1 Å². The predicted octanol–water partition coefficient (Wildman–Crippen LogP) is 3.57. The Kier molecular flexibility index (Phi) is 11.0. The Morgan fingerprint density at radius 3 is 2.41 bits per heavy atom. The monoisotopic (exact) mass is 584 g/mol. The minimum Gasteiger partial charge on any atom is -0.443 e. The number of pyridine rings is 1. The van der Waals surface area contributed by atoms with Gasteiger partial charge in [0.05, 0.1) is 11.2 Å². The summed E-state index contributed by atoms with van der Waals surface area (Å²) >= 11 is 0. The van der Waals surface area contributed by atoms with Crippen LogP contribution in [0, 0.1) is 0 Å². The summed E-state index contributed by atoms with van der Waals surface area (Å²) in [5.74, 6) is -0.440. The minimum absolute atomic E-state index is 0.0000827. The molecule has 0 unspecified atom stereocenters. The van der Waals surface area contributed by atoms with E-state index < -0.39 is 39.9 Å². The maximum absolute atomic E-state index is 13.3. The topological polar surface area (TPSA) is 168 Å². The summed E-state index contributed by atoms with van der Waals surface area (Å²) in [4.78, 5) is 42.0. The molecule has 1 heterocycles. The van der Waals surface area contributed by atoms with Crippen LogP contribution in [0.5, 0.6) is 0 Å². The summed E-state index contributed by atoms with van der Waals surface area (Å²) in [5.41, 5.74) is 1.17. The summed E-state index contributed by atoms with van der Waals surface area (Å²) in [7, 11) is -4.12. The number of rotatable bonds is 12. The molecule has 0 saturated heterocycles. The molecule has 3 rings (SSSR count). The molecular formula is C28H36N6O6S. The van der Waals surface area contributed by atoms with Crippen LogP contribution in [0.3, 0.4) is 0 Å². The summed E-state index contributed by atoms with van der Waals surface area (Å²) in [5, 5.41) is 9.17. The molecule has 3 aromatic rings. The summed E-state index contributed by atoms with van der Waals surface area (Å²) < 4.78 is 33.3. The largest absolute Gasteiger partial charge is 0.443 e. The van der Waals surface area contributed by atoms with Crippen molar-refractivity contribution in [2.45, 2.75) is 58.2 Å². The van der Waals surface area contributed by atoms with Crippen LogP contribution in [0.1, 0.15) is 45.6 Å². The Bertz CT molecular complexity index is 1440. The molecule has 0 aliphatic rings. The lowest BCUT2D eigenvalue weighted by Gasteiger charge is -2.20. The molecule has 0 radical (unpaired) electrons. The molecule has 0 spiro atoms. The van der Waals surface area contributed by atoms with E-state index in [2.05, 4.69) is 25.7 Å². The number of unbranched alkanes of at least 4 members (excludes halogenated alkanes) is 1. The van der Waals surface area contributed by atoms with Gasteiger partial charge in [0.1, 0.15) is 11.6 Å². The van der Waals surface area contributed by atoms with Gasteiger partial charge in [0, 0.05) is 24.7 Å². The third kappa shape index (κ3) is 11.0. The first-order valence-corrected chi connectivity index (χ1v) is 14.6. The van der Waals surface area contributed by atoms with E-state index in [4.69, 9.17) is 4.74 Å². The SMILES string of the molecule is CC(C)(C)OC(=O)NS(=O)(=O)NCCCC[C@H](NC(=O)NCc1ccccc1)C(=O)Nc1cccc2cccnc12.